The zero-order valence-electron chi connectivity index (χ0n) is 15.1. The van der Waals surface area contributed by atoms with Crippen LogP contribution in [-0.2, 0) is 14.8 Å². The van der Waals surface area contributed by atoms with Crippen LogP contribution in [0.15, 0.2) is 45.9 Å². The number of halogens is 1. The minimum absolute atomic E-state index is 0.0217. The molecule has 2 N–H and O–H groups in total. The number of rotatable bonds is 4. The van der Waals surface area contributed by atoms with Crippen molar-refractivity contribution >= 4 is 21.8 Å². The molecule has 0 unspecified atom stereocenters. The summed E-state index contributed by atoms with van der Waals surface area (Å²) in [6, 6.07) is 6.03. The van der Waals surface area contributed by atoms with Crippen molar-refractivity contribution in [3.8, 4) is 0 Å². The fourth-order valence-electron chi connectivity index (χ4n) is 3.04. The molecule has 1 fully saturated rings. The average molecular weight is 409 g/mol. The normalized spacial score (nSPS) is 17.9. The minimum atomic E-state index is -3.83. The van der Waals surface area contributed by atoms with Crippen molar-refractivity contribution in [1.82, 2.24) is 15.2 Å². The molecule has 150 valence electrons. The van der Waals surface area contributed by atoms with Gasteiger partial charge in [-0.25, -0.2) is 12.8 Å². The Morgan fingerprint density at radius 2 is 1.89 bits per heavy atom. The maximum atomic E-state index is 13.1. The number of carbonyl (C=O) groups is 2. The van der Waals surface area contributed by atoms with Gasteiger partial charge in [0.05, 0.1) is 22.6 Å². The van der Waals surface area contributed by atoms with E-state index in [-0.39, 0.29) is 18.0 Å². The Labute approximate surface area is 161 Å². The van der Waals surface area contributed by atoms with E-state index < -0.39 is 33.6 Å². The van der Waals surface area contributed by atoms with Crippen molar-refractivity contribution in [2.24, 2.45) is 5.92 Å². The second kappa shape index (κ2) is 8.11. The first-order valence-corrected chi connectivity index (χ1v) is 10.1. The lowest BCUT2D eigenvalue weighted by Crippen LogP contribution is -2.50. The van der Waals surface area contributed by atoms with Crippen LogP contribution in [0, 0.1) is 18.7 Å². The van der Waals surface area contributed by atoms with Gasteiger partial charge in [-0.15, -0.1) is 0 Å². The van der Waals surface area contributed by atoms with Gasteiger partial charge in [-0.1, -0.05) is 0 Å². The van der Waals surface area contributed by atoms with Crippen LogP contribution in [0.2, 0.25) is 0 Å². The molecule has 2 heterocycles. The Morgan fingerprint density at radius 1 is 1.18 bits per heavy atom. The molecule has 0 bridgehead atoms. The number of hydrogen-bond acceptors (Lipinski definition) is 5. The summed E-state index contributed by atoms with van der Waals surface area (Å²) in [5.41, 5.74) is 4.94. The molecule has 10 heteroatoms. The monoisotopic (exact) mass is 409 g/mol. The molecule has 3 rings (SSSR count). The van der Waals surface area contributed by atoms with Gasteiger partial charge in [0.1, 0.15) is 11.6 Å². The standard InChI is InChI=1S/C18H20FN3O5S/c1-12-16(8-10-27-12)18(24)21-20-17(23)13-3-2-9-22(11-13)28(25,26)15-6-4-14(19)5-7-15/h4-8,10,13H,2-3,9,11H2,1H3,(H,20,23)(H,21,24)/t13-/m1/s1. The smallest absolute Gasteiger partial charge is 0.273 e. The molecule has 1 aromatic carbocycles. The van der Waals surface area contributed by atoms with E-state index in [0.717, 1.165) is 12.1 Å². The molecule has 2 aromatic rings. The lowest BCUT2D eigenvalue weighted by Gasteiger charge is -2.31. The van der Waals surface area contributed by atoms with Gasteiger partial charge < -0.3 is 4.42 Å². The number of carbonyl (C=O) groups excluding carboxylic acids is 2. The fourth-order valence-corrected chi connectivity index (χ4v) is 4.56. The first-order chi connectivity index (χ1) is 13.3. The molecule has 1 aromatic heterocycles. The Kier molecular flexibility index (Phi) is 5.80. The van der Waals surface area contributed by atoms with Crippen molar-refractivity contribution < 1.29 is 26.8 Å². The molecule has 1 saturated heterocycles. The predicted octanol–water partition coefficient (Wildman–Crippen LogP) is 1.59. The van der Waals surface area contributed by atoms with Crippen LogP contribution in [0.4, 0.5) is 4.39 Å². The van der Waals surface area contributed by atoms with E-state index in [1.54, 1.807) is 6.92 Å². The lowest BCUT2D eigenvalue weighted by molar-refractivity contribution is -0.126. The third-order valence-electron chi connectivity index (χ3n) is 4.61. The molecule has 1 aliphatic heterocycles. The van der Waals surface area contributed by atoms with Crippen LogP contribution in [0.5, 0.6) is 0 Å². The Balaban J connectivity index is 1.62. The van der Waals surface area contributed by atoms with E-state index in [2.05, 4.69) is 10.9 Å². The summed E-state index contributed by atoms with van der Waals surface area (Å²) in [7, 11) is -3.83. The van der Waals surface area contributed by atoms with Gasteiger partial charge in [0.2, 0.25) is 15.9 Å². The van der Waals surface area contributed by atoms with Gasteiger partial charge in [-0.05, 0) is 50.1 Å². The van der Waals surface area contributed by atoms with Crippen molar-refractivity contribution in [2.45, 2.75) is 24.7 Å². The lowest BCUT2D eigenvalue weighted by atomic mass is 9.99. The first-order valence-electron chi connectivity index (χ1n) is 8.69. The molecule has 0 radical (unpaired) electrons. The highest BCUT2D eigenvalue weighted by Gasteiger charge is 2.33. The highest BCUT2D eigenvalue weighted by Crippen LogP contribution is 2.24. The zero-order valence-corrected chi connectivity index (χ0v) is 16.0. The van der Waals surface area contributed by atoms with Crippen molar-refractivity contribution in [1.29, 1.82) is 0 Å². The molecule has 1 atom stereocenters. The first kappa shape index (κ1) is 20.0. The number of benzene rings is 1. The van der Waals surface area contributed by atoms with Gasteiger partial charge in [-0.2, -0.15) is 4.31 Å². The van der Waals surface area contributed by atoms with Crippen molar-refractivity contribution in [3.05, 3.63) is 53.7 Å². The van der Waals surface area contributed by atoms with Gasteiger partial charge in [0.15, 0.2) is 0 Å². The van der Waals surface area contributed by atoms with E-state index in [4.69, 9.17) is 4.42 Å². The highest BCUT2D eigenvalue weighted by atomic mass is 32.2. The molecule has 28 heavy (non-hydrogen) atoms. The summed E-state index contributed by atoms with van der Waals surface area (Å²) in [6.45, 7) is 1.87. The minimum Gasteiger partial charge on any atom is -0.469 e. The number of amides is 2. The maximum absolute atomic E-state index is 13.1. The van der Waals surface area contributed by atoms with Crippen molar-refractivity contribution in [3.63, 3.8) is 0 Å². The van der Waals surface area contributed by atoms with Gasteiger partial charge >= 0.3 is 0 Å². The van der Waals surface area contributed by atoms with E-state index in [1.165, 1.54) is 28.8 Å². The summed E-state index contributed by atoms with van der Waals surface area (Å²) >= 11 is 0. The van der Waals surface area contributed by atoms with Crippen LogP contribution < -0.4 is 10.9 Å². The van der Waals surface area contributed by atoms with Crippen LogP contribution in [-0.4, -0.2) is 37.6 Å². The number of sulfonamides is 1. The van der Waals surface area contributed by atoms with Gasteiger partial charge in [0.25, 0.3) is 5.91 Å². The van der Waals surface area contributed by atoms with Crippen LogP contribution in [0.3, 0.4) is 0 Å². The van der Waals surface area contributed by atoms with Gasteiger partial charge in [0, 0.05) is 13.1 Å². The van der Waals surface area contributed by atoms with Crippen LogP contribution in [0.25, 0.3) is 0 Å². The fraction of sp³-hybridized carbons (Fsp3) is 0.333. The average Bonchev–Trinajstić information content (AvgIpc) is 3.12. The van der Waals surface area contributed by atoms with E-state index in [1.807, 2.05) is 0 Å². The molecule has 0 aliphatic carbocycles. The third kappa shape index (κ3) is 4.23. The number of furan rings is 1. The summed E-state index contributed by atoms with van der Waals surface area (Å²) in [5.74, 6) is -1.73. The van der Waals surface area contributed by atoms with Crippen molar-refractivity contribution in [2.75, 3.05) is 13.1 Å². The summed E-state index contributed by atoms with van der Waals surface area (Å²) in [4.78, 5) is 24.4. The third-order valence-corrected chi connectivity index (χ3v) is 6.49. The summed E-state index contributed by atoms with van der Waals surface area (Å²) in [6.07, 6.45) is 2.35. The quantitative estimate of drug-likeness (QED) is 0.746. The number of nitrogens with zero attached hydrogens (tertiary/aromatic N) is 1. The maximum Gasteiger partial charge on any atom is 0.273 e. The molecule has 1 aliphatic rings. The Morgan fingerprint density at radius 3 is 2.54 bits per heavy atom. The van der Waals surface area contributed by atoms with E-state index in [0.29, 0.717) is 24.2 Å². The number of hydrazine groups is 1. The Bertz CT molecular complexity index is 971. The molecule has 0 saturated carbocycles. The largest absolute Gasteiger partial charge is 0.469 e. The zero-order chi connectivity index (χ0) is 20.3. The highest BCUT2D eigenvalue weighted by molar-refractivity contribution is 7.89. The Hall–Kier alpha value is -2.72. The molecular formula is C18H20FN3O5S. The predicted molar refractivity (Wildman–Crippen MR) is 96.9 cm³/mol. The SMILES string of the molecule is Cc1occc1C(=O)NNC(=O)[C@@H]1CCCN(S(=O)(=O)c2ccc(F)cc2)C1. The molecular weight excluding hydrogens is 389 g/mol. The van der Waals surface area contributed by atoms with E-state index >= 15 is 0 Å². The topological polar surface area (TPSA) is 109 Å². The number of aryl methyl sites for hydroxylation is 1. The summed E-state index contributed by atoms with van der Waals surface area (Å²) in [5, 5.41) is 0. The number of hydrogen-bond donors (Lipinski definition) is 2. The molecule has 8 nitrogen and oxygen atoms in total. The second-order valence-corrected chi connectivity index (χ2v) is 8.43. The van der Waals surface area contributed by atoms with E-state index in [9.17, 15) is 22.4 Å². The van der Waals surface area contributed by atoms with Crippen LogP contribution >= 0.6 is 0 Å². The molecule has 0 spiro atoms. The number of piperidine rings is 1. The van der Waals surface area contributed by atoms with Crippen LogP contribution in [0.1, 0.15) is 29.0 Å². The molecule has 2 amide bonds. The second-order valence-electron chi connectivity index (χ2n) is 6.49. The summed E-state index contributed by atoms with van der Waals surface area (Å²) < 4.78 is 44.7. The number of nitrogens with one attached hydrogen (secondary N) is 2. The van der Waals surface area contributed by atoms with Gasteiger partial charge in [-0.3, -0.25) is 20.4 Å².